The lowest BCUT2D eigenvalue weighted by atomic mass is 10.2. The van der Waals surface area contributed by atoms with Gasteiger partial charge in [0.1, 0.15) is 6.29 Å². The maximum absolute atomic E-state index is 11.7. The molecule has 1 aromatic carbocycles. The molecule has 0 unspecified atom stereocenters. The fraction of sp³-hybridized carbons (Fsp3) is 0.0667. The number of carbonyl (C=O) groups excluding carboxylic acids is 2. The molecule has 0 aliphatic rings. The number of aldehydes is 1. The van der Waals surface area contributed by atoms with Crippen molar-refractivity contribution < 1.29 is 19.1 Å². The van der Waals surface area contributed by atoms with Crippen molar-refractivity contribution in [2.45, 2.75) is 0 Å². The Kier molecular flexibility index (Phi) is 4.68. The zero-order valence-corrected chi connectivity index (χ0v) is 11.6. The van der Waals surface area contributed by atoms with Gasteiger partial charge in [-0.1, -0.05) is 6.07 Å². The van der Waals surface area contributed by atoms with Crippen LogP contribution < -0.4 is 9.47 Å². The quantitative estimate of drug-likeness (QED) is 0.367. The molecule has 0 atom stereocenters. The number of thiophene rings is 1. The average molecular weight is 288 g/mol. The average Bonchev–Trinajstić information content (AvgIpc) is 2.99. The molecule has 1 aromatic heterocycles. The van der Waals surface area contributed by atoms with Gasteiger partial charge in [0.2, 0.25) is 0 Å². The first-order chi connectivity index (χ1) is 9.72. The largest absolute Gasteiger partial charge is 0.493 e. The normalized spacial score (nSPS) is 10.4. The van der Waals surface area contributed by atoms with Crippen LogP contribution in [-0.2, 0) is 4.79 Å². The van der Waals surface area contributed by atoms with Crippen LogP contribution in [0.4, 0.5) is 0 Å². The summed E-state index contributed by atoms with van der Waals surface area (Å²) in [7, 11) is 1.45. The molecule has 0 amide bonds. The monoisotopic (exact) mass is 288 g/mol. The van der Waals surface area contributed by atoms with E-state index in [4.69, 9.17) is 9.47 Å². The van der Waals surface area contributed by atoms with Crippen LogP contribution in [0.1, 0.15) is 15.2 Å². The number of ether oxygens (including phenoxy) is 2. The first-order valence-corrected chi connectivity index (χ1v) is 6.67. The van der Waals surface area contributed by atoms with Crippen molar-refractivity contribution in [3.8, 4) is 11.5 Å². The molecule has 0 spiro atoms. The standard InChI is InChI=1S/C15H12O4S/c1-18-14-9-11(10-16)4-6-13(14)19-15(17)7-5-12-3-2-8-20-12/h2-10H,1H3. The van der Waals surface area contributed by atoms with Gasteiger partial charge in [0.05, 0.1) is 7.11 Å². The van der Waals surface area contributed by atoms with Crippen molar-refractivity contribution in [2.24, 2.45) is 0 Å². The van der Waals surface area contributed by atoms with Gasteiger partial charge in [-0.25, -0.2) is 4.79 Å². The van der Waals surface area contributed by atoms with E-state index in [0.29, 0.717) is 17.6 Å². The predicted octanol–water partition coefficient (Wildman–Crippen LogP) is 3.19. The summed E-state index contributed by atoms with van der Waals surface area (Å²) in [5.74, 6) is 0.113. The molecule has 2 rings (SSSR count). The van der Waals surface area contributed by atoms with Crippen molar-refractivity contribution in [3.63, 3.8) is 0 Å². The van der Waals surface area contributed by atoms with Gasteiger partial charge in [-0.3, -0.25) is 4.79 Å². The van der Waals surface area contributed by atoms with Gasteiger partial charge in [-0.05, 0) is 35.7 Å². The first kappa shape index (κ1) is 14.0. The molecule has 0 bridgehead atoms. The lowest BCUT2D eigenvalue weighted by Crippen LogP contribution is -2.05. The molecule has 0 radical (unpaired) electrons. The summed E-state index contributed by atoms with van der Waals surface area (Å²) in [4.78, 5) is 23.3. The Bertz CT molecular complexity index is 629. The maximum Gasteiger partial charge on any atom is 0.336 e. The molecule has 0 N–H and O–H groups in total. The third-order valence-corrected chi connectivity index (χ3v) is 3.30. The first-order valence-electron chi connectivity index (χ1n) is 5.79. The third kappa shape index (κ3) is 3.55. The van der Waals surface area contributed by atoms with Crippen LogP contribution in [0.3, 0.4) is 0 Å². The van der Waals surface area contributed by atoms with Gasteiger partial charge in [-0.15, -0.1) is 11.3 Å². The summed E-state index contributed by atoms with van der Waals surface area (Å²) in [6.45, 7) is 0. The topological polar surface area (TPSA) is 52.6 Å². The molecule has 102 valence electrons. The number of esters is 1. The number of methoxy groups -OCH3 is 1. The van der Waals surface area contributed by atoms with E-state index in [9.17, 15) is 9.59 Å². The summed E-state index contributed by atoms with van der Waals surface area (Å²) < 4.78 is 10.3. The predicted molar refractivity (Wildman–Crippen MR) is 77.4 cm³/mol. The van der Waals surface area contributed by atoms with E-state index in [-0.39, 0.29) is 5.75 Å². The molecule has 5 heteroatoms. The fourth-order valence-corrected chi connectivity index (χ4v) is 2.14. The smallest absolute Gasteiger partial charge is 0.336 e. The highest BCUT2D eigenvalue weighted by molar-refractivity contribution is 7.10. The van der Waals surface area contributed by atoms with Crippen LogP contribution in [0.5, 0.6) is 11.5 Å². The van der Waals surface area contributed by atoms with E-state index in [1.165, 1.54) is 36.7 Å². The minimum Gasteiger partial charge on any atom is -0.493 e. The Morgan fingerprint density at radius 1 is 1.25 bits per heavy atom. The molecule has 0 saturated heterocycles. The second kappa shape index (κ2) is 6.68. The molecule has 4 nitrogen and oxygen atoms in total. The molecule has 0 aliphatic heterocycles. The summed E-state index contributed by atoms with van der Waals surface area (Å²) >= 11 is 1.53. The van der Waals surface area contributed by atoms with Crippen LogP contribution in [0.15, 0.2) is 41.8 Å². The minimum absolute atomic E-state index is 0.277. The van der Waals surface area contributed by atoms with Crippen LogP contribution in [0.25, 0.3) is 6.08 Å². The lowest BCUT2D eigenvalue weighted by molar-refractivity contribution is -0.129. The fourth-order valence-electron chi connectivity index (χ4n) is 1.52. The second-order valence-corrected chi connectivity index (χ2v) is 4.78. The van der Waals surface area contributed by atoms with E-state index >= 15 is 0 Å². The van der Waals surface area contributed by atoms with Gasteiger partial charge in [-0.2, -0.15) is 0 Å². The molecule has 20 heavy (non-hydrogen) atoms. The maximum atomic E-state index is 11.7. The lowest BCUT2D eigenvalue weighted by Gasteiger charge is -2.07. The van der Waals surface area contributed by atoms with Crippen molar-refractivity contribution in [1.82, 2.24) is 0 Å². The van der Waals surface area contributed by atoms with E-state index < -0.39 is 5.97 Å². The molecular weight excluding hydrogens is 276 g/mol. The zero-order valence-electron chi connectivity index (χ0n) is 10.7. The van der Waals surface area contributed by atoms with E-state index in [1.807, 2.05) is 17.5 Å². The van der Waals surface area contributed by atoms with Crippen molar-refractivity contribution in [3.05, 3.63) is 52.2 Å². The van der Waals surface area contributed by atoms with Gasteiger partial charge in [0.15, 0.2) is 11.5 Å². The number of hydrogen-bond donors (Lipinski definition) is 0. The highest BCUT2D eigenvalue weighted by atomic mass is 32.1. The minimum atomic E-state index is -0.504. The molecule has 0 fully saturated rings. The van der Waals surface area contributed by atoms with Gasteiger partial charge >= 0.3 is 5.97 Å². The van der Waals surface area contributed by atoms with Gasteiger partial charge < -0.3 is 9.47 Å². The SMILES string of the molecule is COc1cc(C=O)ccc1OC(=O)C=Cc1cccs1. The number of benzene rings is 1. The van der Waals surface area contributed by atoms with E-state index in [0.717, 1.165) is 4.88 Å². The van der Waals surface area contributed by atoms with Gasteiger partial charge in [0, 0.05) is 16.5 Å². The molecular formula is C15H12O4S. The van der Waals surface area contributed by atoms with E-state index in [2.05, 4.69) is 0 Å². The van der Waals surface area contributed by atoms with Crippen LogP contribution >= 0.6 is 11.3 Å². The molecule has 1 heterocycles. The van der Waals surface area contributed by atoms with Crippen molar-refractivity contribution in [1.29, 1.82) is 0 Å². The van der Waals surface area contributed by atoms with Crippen molar-refractivity contribution >= 4 is 29.7 Å². The number of carbonyl (C=O) groups is 2. The Morgan fingerprint density at radius 3 is 2.75 bits per heavy atom. The molecule has 2 aromatic rings. The van der Waals surface area contributed by atoms with E-state index in [1.54, 1.807) is 12.1 Å². The zero-order chi connectivity index (χ0) is 14.4. The third-order valence-electron chi connectivity index (χ3n) is 2.46. The Balaban J connectivity index is 2.09. The summed E-state index contributed by atoms with van der Waals surface area (Å²) in [5, 5.41) is 1.92. The summed E-state index contributed by atoms with van der Waals surface area (Å²) in [6.07, 6.45) is 3.73. The number of rotatable bonds is 5. The summed E-state index contributed by atoms with van der Waals surface area (Å²) in [5.41, 5.74) is 0.454. The highest BCUT2D eigenvalue weighted by Gasteiger charge is 2.08. The Morgan fingerprint density at radius 2 is 2.10 bits per heavy atom. The second-order valence-electron chi connectivity index (χ2n) is 3.80. The Hall–Kier alpha value is -2.40. The van der Waals surface area contributed by atoms with Crippen LogP contribution in [0.2, 0.25) is 0 Å². The highest BCUT2D eigenvalue weighted by Crippen LogP contribution is 2.27. The van der Waals surface area contributed by atoms with Crippen molar-refractivity contribution in [2.75, 3.05) is 7.11 Å². The van der Waals surface area contributed by atoms with Gasteiger partial charge in [0.25, 0.3) is 0 Å². The van der Waals surface area contributed by atoms with Crippen LogP contribution in [0, 0.1) is 0 Å². The Labute approximate surface area is 120 Å². The molecule has 0 aliphatic carbocycles. The number of hydrogen-bond acceptors (Lipinski definition) is 5. The summed E-state index contributed by atoms with van der Waals surface area (Å²) in [6, 6.07) is 8.39. The van der Waals surface area contributed by atoms with Crippen LogP contribution in [-0.4, -0.2) is 19.4 Å². The molecule has 0 saturated carbocycles.